The van der Waals surface area contributed by atoms with Gasteiger partial charge in [-0.2, -0.15) is 0 Å². The van der Waals surface area contributed by atoms with E-state index in [1.54, 1.807) is 18.5 Å². The lowest BCUT2D eigenvalue weighted by Gasteiger charge is -2.33. The summed E-state index contributed by atoms with van der Waals surface area (Å²) in [5.74, 6) is 0.634. The van der Waals surface area contributed by atoms with Crippen LogP contribution in [0.3, 0.4) is 0 Å². The zero-order chi connectivity index (χ0) is 20.6. The quantitative estimate of drug-likeness (QED) is 0.649. The molecule has 5 heteroatoms. The molecule has 0 aliphatic carbocycles. The molecular formula is C25H27N3O2. The molecule has 0 radical (unpaired) electrons. The van der Waals surface area contributed by atoms with Crippen LogP contribution < -0.4 is 10.1 Å². The molecule has 4 rings (SSSR count). The van der Waals surface area contributed by atoms with E-state index in [0.717, 1.165) is 38.0 Å². The van der Waals surface area contributed by atoms with E-state index in [1.165, 1.54) is 5.56 Å². The van der Waals surface area contributed by atoms with Crippen molar-refractivity contribution in [2.45, 2.75) is 32.0 Å². The molecule has 3 aromatic rings. The van der Waals surface area contributed by atoms with Crippen LogP contribution in [0.25, 0.3) is 0 Å². The number of nitrogens with zero attached hydrogens (tertiary/aromatic N) is 2. The predicted molar refractivity (Wildman–Crippen MR) is 117 cm³/mol. The van der Waals surface area contributed by atoms with Crippen LogP contribution >= 0.6 is 0 Å². The number of amides is 1. The number of aromatic nitrogens is 1. The standard InChI is InChI=1S/C25H27N3O2/c29-25(22-10-4-12-24(15-22)30-19-21-9-5-13-26-16-21)27-23-11-6-14-28(18-23)17-20-7-2-1-3-8-20/h1-5,7-10,12-13,15-16,23H,6,11,14,17-19H2,(H,27,29). The van der Waals surface area contributed by atoms with E-state index in [1.807, 2.05) is 36.4 Å². The highest BCUT2D eigenvalue weighted by molar-refractivity contribution is 5.94. The molecule has 1 atom stereocenters. The van der Waals surface area contributed by atoms with Crippen molar-refractivity contribution in [3.05, 3.63) is 95.8 Å². The topological polar surface area (TPSA) is 54.5 Å². The van der Waals surface area contributed by atoms with Crippen LogP contribution in [0.2, 0.25) is 0 Å². The third-order valence-electron chi connectivity index (χ3n) is 5.31. The zero-order valence-electron chi connectivity index (χ0n) is 17.0. The summed E-state index contributed by atoms with van der Waals surface area (Å²) in [6.45, 7) is 3.29. The second-order valence-corrected chi connectivity index (χ2v) is 7.71. The van der Waals surface area contributed by atoms with Crippen molar-refractivity contribution < 1.29 is 9.53 Å². The van der Waals surface area contributed by atoms with Crippen molar-refractivity contribution in [3.63, 3.8) is 0 Å². The van der Waals surface area contributed by atoms with Crippen molar-refractivity contribution in [1.82, 2.24) is 15.2 Å². The number of rotatable bonds is 7. The molecule has 1 amide bonds. The molecule has 0 saturated carbocycles. The van der Waals surface area contributed by atoms with Crippen molar-refractivity contribution in [3.8, 4) is 5.75 Å². The minimum Gasteiger partial charge on any atom is -0.489 e. The summed E-state index contributed by atoms with van der Waals surface area (Å²) < 4.78 is 5.83. The summed E-state index contributed by atoms with van der Waals surface area (Å²) in [7, 11) is 0. The summed E-state index contributed by atoms with van der Waals surface area (Å²) in [6, 6.07) is 21.9. The SMILES string of the molecule is O=C(NC1CCCN(Cc2ccccc2)C1)c1cccc(OCc2cccnc2)c1. The van der Waals surface area contributed by atoms with Gasteiger partial charge >= 0.3 is 0 Å². The number of carbonyl (C=O) groups is 1. The van der Waals surface area contributed by atoms with Gasteiger partial charge in [-0.05, 0) is 49.2 Å². The number of carbonyl (C=O) groups excluding carboxylic acids is 1. The van der Waals surface area contributed by atoms with Crippen LogP contribution in [0.15, 0.2) is 79.1 Å². The molecule has 154 valence electrons. The maximum absolute atomic E-state index is 12.8. The normalized spacial score (nSPS) is 16.7. The Balaban J connectivity index is 1.32. The maximum Gasteiger partial charge on any atom is 0.251 e. The van der Waals surface area contributed by atoms with Gasteiger partial charge in [0.1, 0.15) is 12.4 Å². The predicted octanol–water partition coefficient (Wildman–Crippen LogP) is 4.06. The Bertz CT molecular complexity index is 947. The minimum absolute atomic E-state index is 0.0478. The van der Waals surface area contributed by atoms with E-state index in [2.05, 4.69) is 39.5 Å². The molecule has 1 N–H and O–H groups in total. The zero-order valence-corrected chi connectivity index (χ0v) is 17.0. The van der Waals surface area contributed by atoms with Gasteiger partial charge in [0.05, 0.1) is 0 Å². The molecule has 1 saturated heterocycles. The number of piperidine rings is 1. The van der Waals surface area contributed by atoms with Gasteiger partial charge < -0.3 is 10.1 Å². The smallest absolute Gasteiger partial charge is 0.251 e. The summed E-state index contributed by atoms with van der Waals surface area (Å²) in [5.41, 5.74) is 2.93. The van der Waals surface area contributed by atoms with Crippen LogP contribution in [-0.4, -0.2) is 34.9 Å². The Hall–Kier alpha value is -3.18. The van der Waals surface area contributed by atoms with Gasteiger partial charge in [-0.15, -0.1) is 0 Å². The van der Waals surface area contributed by atoms with E-state index in [9.17, 15) is 4.79 Å². The number of pyridine rings is 1. The van der Waals surface area contributed by atoms with E-state index in [-0.39, 0.29) is 11.9 Å². The average Bonchev–Trinajstić information content (AvgIpc) is 2.79. The second-order valence-electron chi connectivity index (χ2n) is 7.71. The molecule has 1 unspecified atom stereocenters. The first-order valence-electron chi connectivity index (χ1n) is 10.5. The number of ether oxygens (including phenoxy) is 1. The number of nitrogens with one attached hydrogen (secondary N) is 1. The molecule has 1 aliphatic rings. The molecule has 1 fully saturated rings. The fraction of sp³-hybridized carbons (Fsp3) is 0.280. The van der Waals surface area contributed by atoms with Gasteiger partial charge in [-0.25, -0.2) is 0 Å². The third-order valence-corrected chi connectivity index (χ3v) is 5.31. The maximum atomic E-state index is 12.8. The molecule has 1 aliphatic heterocycles. The lowest BCUT2D eigenvalue weighted by molar-refractivity contribution is 0.0900. The van der Waals surface area contributed by atoms with Crippen LogP contribution in [0, 0.1) is 0 Å². The Morgan fingerprint density at radius 1 is 1.07 bits per heavy atom. The Kier molecular flexibility index (Phi) is 6.72. The van der Waals surface area contributed by atoms with Gasteiger partial charge in [-0.1, -0.05) is 42.5 Å². The summed E-state index contributed by atoms with van der Waals surface area (Å²) >= 11 is 0. The van der Waals surface area contributed by atoms with Crippen LogP contribution in [-0.2, 0) is 13.2 Å². The van der Waals surface area contributed by atoms with Crippen molar-refractivity contribution in [2.24, 2.45) is 0 Å². The Morgan fingerprint density at radius 2 is 1.93 bits per heavy atom. The molecule has 0 bridgehead atoms. The van der Waals surface area contributed by atoms with E-state index < -0.39 is 0 Å². The fourth-order valence-electron chi connectivity index (χ4n) is 3.80. The van der Waals surface area contributed by atoms with E-state index >= 15 is 0 Å². The Labute approximate surface area is 177 Å². The molecular weight excluding hydrogens is 374 g/mol. The number of hydrogen-bond donors (Lipinski definition) is 1. The minimum atomic E-state index is -0.0478. The highest BCUT2D eigenvalue weighted by Crippen LogP contribution is 2.17. The average molecular weight is 402 g/mol. The summed E-state index contributed by atoms with van der Waals surface area (Å²) in [6.07, 6.45) is 5.61. The molecule has 0 spiro atoms. The lowest BCUT2D eigenvalue weighted by Crippen LogP contribution is -2.47. The van der Waals surface area contributed by atoms with Gasteiger partial charge in [0.2, 0.25) is 0 Å². The van der Waals surface area contributed by atoms with Crippen molar-refractivity contribution in [1.29, 1.82) is 0 Å². The molecule has 5 nitrogen and oxygen atoms in total. The first-order chi connectivity index (χ1) is 14.8. The second kappa shape index (κ2) is 10.0. The molecule has 1 aromatic heterocycles. The van der Waals surface area contributed by atoms with Crippen molar-refractivity contribution >= 4 is 5.91 Å². The third kappa shape index (κ3) is 5.67. The fourth-order valence-corrected chi connectivity index (χ4v) is 3.80. The number of hydrogen-bond acceptors (Lipinski definition) is 4. The highest BCUT2D eigenvalue weighted by Gasteiger charge is 2.22. The highest BCUT2D eigenvalue weighted by atomic mass is 16.5. The van der Waals surface area contributed by atoms with E-state index in [0.29, 0.717) is 17.9 Å². The summed E-state index contributed by atoms with van der Waals surface area (Å²) in [5, 5.41) is 3.21. The first-order valence-corrected chi connectivity index (χ1v) is 10.5. The monoisotopic (exact) mass is 401 g/mol. The Morgan fingerprint density at radius 3 is 2.77 bits per heavy atom. The van der Waals surface area contributed by atoms with Crippen LogP contribution in [0.1, 0.15) is 34.3 Å². The van der Waals surface area contributed by atoms with E-state index in [4.69, 9.17) is 4.74 Å². The largest absolute Gasteiger partial charge is 0.489 e. The summed E-state index contributed by atoms with van der Waals surface area (Å²) in [4.78, 5) is 19.3. The first kappa shape index (κ1) is 20.1. The van der Waals surface area contributed by atoms with Gasteiger partial charge in [0.25, 0.3) is 5.91 Å². The lowest BCUT2D eigenvalue weighted by atomic mass is 10.0. The van der Waals surface area contributed by atoms with Crippen LogP contribution in [0.5, 0.6) is 5.75 Å². The van der Waals surface area contributed by atoms with Crippen molar-refractivity contribution in [2.75, 3.05) is 13.1 Å². The molecule has 2 heterocycles. The number of benzene rings is 2. The van der Waals surface area contributed by atoms with Gasteiger partial charge in [-0.3, -0.25) is 14.7 Å². The number of likely N-dealkylation sites (tertiary alicyclic amines) is 1. The molecule has 30 heavy (non-hydrogen) atoms. The van der Waals surface area contributed by atoms with Gasteiger partial charge in [0.15, 0.2) is 0 Å². The molecule has 2 aromatic carbocycles. The van der Waals surface area contributed by atoms with Gasteiger partial charge in [0, 0.05) is 42.7 Å². The van der Waals surface area contributed by atoms with Crippen LogP contribution in [0.4, 0.5) is 0 Å².